The Morgan fingerprint density at radius 2 is 1.71 bits per heavy atom. The molecule has 2 amide bonds. The number of fused-ring (bicyclic) bond motifs is 2. The summed E-state index contributed by atoms with van der Waals surface area (Å²) in [5.41, 5.74) is 12.0. The van der Waals surface area contributed by atoms with Gasteiger partial charge < -0.3 is 30.8 Å². The lowest BCUT2D eigenvalue weighted by Gasteiger charge is -2.30. The number of hydrogen-bond acceptors (Lipinski definition) is 10. The summed E-state index contributed by atoms with van der Waals surface area (Å²) < 4.78 is 16.7. The zero-order chi connectivity index (χ0) is 35.7. The quantitative estimate of drug-likeness (QED) is 0.231. The minimum Gasteiger partial charge on any atom is -0.439 e. The van der Waals surface area contributed by atoms with Crippen LogP contribution in [0.25, 0.3) is 0 Å². The molecule has 0 fully saturated rings. The first kappa shape index (κ1) is 37.8. The number of hydrogen-bond donors (Lipinski definition) is 3. The van der Waals surface area contributed by atoms with Gasteiger partial charge in [0.05, 0.1) is 30.1 Å². The molecule has 1 aliphatic carbocycles. The van der Waals surface area contributed by atoms with E-state index in [-0.39, 0.29) is 41.3 Å². The first-order valence-corrected chi connectivity index (χ1v) is 15.6. The number of ketones is 3. The van der Waals surface area contributed by atoms with E-state index in [1.807, 2.05) is 6.92 Å². The van der Waals surface area contributed by atoms with Crippen LogP contribution in [0.4, 0.5) is 4.79 Å². The number of nitrogens with two attached hydrogens (primary N) is 2. The Labute approximate surface area is 280 Å². The number of methoxy groups -OCH3 is 2. The van der Waals surface area contributed by atoms with E-state index >= 15 is 0 Å². The molecular formula is C36H45N3O9. The lowest BCUT2D eigenvalue weighted by atomic mass is 9.85. The van der Waals surface area contributed by atoms with Crippen molar-refractivity contribution in [3.05, 3.63) is 94.4 Å². The molecule has 1 aliphatic heterocycles. The molecule has 2 aliphatic rings. The second-order valence-corrected chi connectivity index (χ2v) is 12.2. The summed E-state index contributed by atoms with van der Waals surface area (Å²) in [7, 11) is 2.86. The van der Waals surface area contributed by atoms with Crippen molar-refractivity contribution in [3.8, 4) is 0 Å². The van der Waals surface area contributed by atoms with Gasteiger partial charge in [0.25, 0.3) is 5.91 Å². The number of carbonyl (C=O) groups excluding carboxylic acids is 5. The first-order chi connectivity index (χ1) is 22.7. The van der Waals surface area contributed by atoms with Crippen molar-refractivity contribution >= 4 is 29.4 Å². The van der Waals surface area contributed by atoms with Crippen LogP contribution in [0, 0.1) is 11.8 Å². The van der Waals surface area contributed by atoms with Gasteiger partial charge in [-0.15, -0.1) is 0 Å². The summed E-state index contributed by atoms with van der Waals surface area (Å²) in [4.78, 5) is 67.3. The molecule has 12 heteroatoms. The van der Waals surface area contributed by atoms with Gasteiger partial charge in [-0.1, -0.05) is 68.5 Å². The fourth-order valence-electron chi connectivity index (χ4n) is 5.81. The number of allylic oxidation sites excluding steroid dienone is 4. The second kappa shape index (κ2) is 17.0. The Morgan fingerprint density at radius 1 is 1.04 bits per heavy atom. The Hall–Kier alpha value is -4.65. The van der Waals surface area contributed by atoms with Crippen LogP contribution in [-0.2, 0) is 28.6 Å². The van der Waals surface area contributed by atoms with E-state index < -0.39 is 66.2 Å². The number of aliphatic hydroxyl groups is 1. The predicted molar refractivity (Wildman–Crippen MR) is 178 cm³/mol. The average Bonchev–Trinajstić information content (AvgIpc) is 3.06. The van der Waals surface area contributed by atoms with Crippen LogP contribution in [0.2, 0.25) is 0 Å². The summed E-state index contributed by atoms with van der Waals surface area (Å²) in [5.74, 6) is -3.28. The highest BCUT2D eigenvalue weighted by molar-refractivity contribution is 6.23. The van der Waals surface area contributed by atoms with Gasteiger partial charge in [-0.2, -0.15) is 0 Å². The summed E-state index contributed by atoms with van der Waals surface area (Å²) in [5, 5.41) is 11.3. The third kappa shape index (κ3) is 9.24. The third-order valence-corrected chi connectivity index (χ3v) is 8.48. The van der Waals surface area contributed by atoms with E-state index in [1.165, 1.54) is 33.3 Å². The maximum Gasteiger partial charge on any atom is 0.405 e. The van der Waals surface area contributed by atoms with Crippen LogP contribution < -0.4 is 11.5 Å². The number of nitrogens with zero attached hydrogens (tertiary/aromatic N) is 1. The molecule has 48 heavy (non-hydrogen) atoms. The van der Waals surface area contributed by atoms with Gasteiger partial charge in [-0.25, -0.2) is 4.79 Å². The zero-order valence-corrected chi connectivity index (χ0v) is 28.2. The van der Waals surface area contributed by atoms with Gasteiger partial charge in [0.15, 0.2) is 11.9 Å². The topological polar surface area (TPSA) is 189 Å². The van der Waals surface area contributed by atoms with E-state index in [4.69, 9.17) is 25.7 Å². The Kier molecular flexibility index (Phi) is 13.4. The smallest absolute Gasteiger partial charge is 0.405 e. The molecular weight excluding hydrogens is 618 g/mol. The van der Waals surface area contributed by atoms with Crippen molar-refractivity contribution in [3.63, 3.8) is 0 Å². The highest BCUT2D eigenvalue weighted by Crippen LogP contribution is 2.30. The minimum atomic E-state index is -1.04. The standard InChI is InChI=1S/C36H45N3O9/c1-20-15-25-31(37)27(40)18-26(33(25)43)39(19-28(41)24-12-8-7-9-13-24)35(44)21(2)11-10-14-29(46-5)34(48-36(38)45)23(4)17-22(3)32(42)30(16-20)47-6/h7-14,17-18,20,22,29-30,32,34,42H,15-16,19,37H2,1-6H3,(H2,38,45)/b14-10-,21-11+,23-17+/t20-,22+,29+,30+,32-,34+/m1/s1. The largest absolute Gasteiger partial charge is 0.439 e. The van der Waals surface area contributed by atoms with E-state index in [2.05, 4.69) is 0 Å². The molecule has 6 atom stereocenters. The van der Waals surface area contributed by atoms with Crippen LogP contribution in [0.1, 0.15) is 50.9 Å². The second-order valence-electron chi connectivity index (χ2n) is 12.2. The van der Waals surface area contributed by atoms with Gasteiger partial charge in [0, 0.05) is 42.9 Å². The number of rotatable bonds is 6. The molecule has 5 N–H and O–H groups in total. The summed E-state index contributed by atoms with van der Waals surface area (Å²) in [6.45, 7) is 6.28. The van der Waals surface area contributed by atoms with Gasteiger partial charge >= 0.3 is 6.09 Å². The number of Topliss-reactive ketones (excluding diaryl/α,β-unsaturated/α-hetero) is 2. The predicted octanol–water partition coefficient (Wildman–Crippen LogP) is 3.32. The fourth-order valence-corrected chi connectivity index (χ4v) is 5.81. The van der Waals surface area contributed by atoms with Gasteiger partial charge in [0.1, 0.15) is 6.10 Å². The van der Waals surface area contributed by atoms with Crippen molar-refractivity contribution in [1.82, 2.24) is 4.90 Å². The minimum absolute atomic E-state index is 0.0110. The maximum absolute atomic E-state index is 14.0. The van der Waals surface area contributed by atoms with Crippen molar-refractivity contribution < 1.29 is 43.3 Å². The van der Waals surface area contributed by atoms with Crippen LogP contribution >= 0.6 is 0 Å². The SMILES string of the molecule is CO[C@H]1/C=C\C=C(/C)C(=O)N(CC(=O)c2ccccc2)C2=CC(=O)C(N)=C(C[C@@H](C)C[C@H](OC)[C@H](O)[C@@H](C)/C=C(\C)[C@@H]1OC(N)=O)C2=O. The molecule has 0 unspecified atom stereocenters. The Bertz CT molecular complexity index is 1560. The Morgan fingerprint density at radius 3 is 2.31 bits per heavy atom. The van der Waals surface area contributed by atoms with Gasteiger partial charge in [-0.3, -0.25) is 24.1 Å². The number of ether oxygens (including phenoxy) is 3. The fraction of sp³-hybridized carbons (Fsp3) is 0.417. The van der Waals surface area contributed by atoms with E-state index in [0.717, 1.165) is 11.0 Å². The highest BCUT2D eigenvalue weighted by Gasteiger charge is 2.36. The first-order valence-electron chi connectivity index (χ1n) is 15.6. The molecule has 0 saturated carbocycles. The molecule has 0 spiro atoms. The van der Waals surface area contributed by atoms with Crippen molar-refractivity contribution in [2.24, 2.45) is 23.3 Å². The molecule has 0 saturated heterocycles. The van der Waals surface area contributed by atoms with Crippen molar-refractivity contribution in [2.45, 2.75) is 65.0 Å². The zero-order valence-electron chi connectivity index (χ0n) is 28.2. The number of primary amides is 1. The summed E-state index contributed by atoms with van der Waals surface area (Å²) >= 11 is 0. The number of aliphatic hydroxyl groups excluding tert-OH is 1. The van der Waals surface area contributed by atoms with E-state index in [1.54, 1.807) is 56.3 Å². The summed E-state index contributed by atoms with van der Waals surface area (Å²) in [6.07, 6.45) is 2.94. The summed E-state index contributed by atoms with van der Waals surface area (Å²) in [6, 6.07) is 8.26. The number of amides is 2. The average molecular weight is 664 g/mol. The molecule has 0 aromatic heterocycles. The maximum atomic E-state index is 14.0. The molecule has 258 valence electrons. The lowest BCUT2D eigenvalue weighted by molar-refractivity contribution is -0.128. The van der Waals surface area contributed by atoms with E-state index in [0.29, 0.717) is 11.1 Å². The number of carbonyl (C=O) groups is 5. The van der Waals surface area contributed by atoms with Gasteiger partial charge in [0.2, 0.25) is 11.6 Å². The molecule has 1 heterocycles. The van der Waals surface area contributed by atoms with Gasteiger partial charge in [-0.05, 0) is 38.2 Å². The molecule has 2 bridgehead atoms. The normalized spacial score (nSPS) is 29.4. The van der Waals surface area contributed by atoms with Crippen LogP contribution in [-0.4, -0.2) is 84.5 Å². The van der Waals surface area contributed by atoms with Crippen molar-refractivity contribution in [1.29, 1.82) is 0 Å². The number of benzene rings is 1. The molecule has 3 rings (SSSR count). The van der Waals surface area contributed by atoms with Crippen molar-refractivity contribution in [2.75, 3.05) is 20.8 Å². The molecule has 12 nitrogen and oxygen atoms in total. The highest BCUT2D eigenvalue weighted by atomic mass is 16.6. The van der Waals surface area contributed by atoms with Crippen LogP contribution in [0.15, 0.2) is 88.8 Å². The third-order valence-electron chi connectivity index (χ3n) is 8.48. The van der Waals surface area contributed by atoms with Crippen LogP contribution in [0.5, 0.6) is 0 Å². The van der Waals surface area contributed by atoms with E-state index in [9.17, 15) is 29.1 Å². The lowest BCUT2D eigenvalue weighted by Crippen LogP contribution is -2.41. The van der Waals surface area contributed by atoms with Crippen LogP contribution in [0.3, 0.4) is 0 Å². The molecule has 0 radical (unpaired) electrons. The Balaban J connectivity index is 2.18. The monoisotopic (exact) mass is 663 g/mol. The molecule has 1 aromatic carbocycles. The molecule has 1 aromatic rings.